The van der Waals surface area contributed by atoms with E-state index in [1.807, 2.05) is 48.5 Å². The first-order valence-corrected chi connectivity index (χ1v) is 13.4. The second-order valence-electron chi connectivity index (χ2n) is 10.2. The summed E-state index contributed by atoms with van der Waals surface area (Å²) in [6, 6.07) is 15.0. The van der Waals surface area contributed by atoms with Crippen LogP contribution in [0.2, 0.25) is 5.02 Å². The molecule has 0 saturated carbocycles. The average molecular weight is 558 g/mol. The van der Waals surface area contributed by atoms with Crippen molar-refractivity contribution in [3.63, 3.8) is 0 Å². The van der Waals surface area contributed by atoms with Gasteiger partial charge in [-0.3, -0.25) is 9.80 Å². The number of carbonyl (C=O) groups is 2. The monoisotopic (exact) mass is 557 g/mol. The standard InChI is InChI=1S/C28H36ClN5O5/c1-19(38-16-20-8-4-3-5-9-20)24(31-27(37)33(2)30)26(36)34-13-7-12-23(34)25-32-28(17-35,18-39-25)15-21-10-6-11-22(29)14-21/h3-6,8-11,14,19,23-24,35H,7,12-13,15-18,30H2,1-2H3,(H,31,37)/t19?,23?,24?,28-/m0/s1. The molecule has 39 heavy (non-hydrogen) atoms. The van der Waals surface area contributed by atoms with Gasteiger partial charge in [-0.2, -0.15) is 0 Å². The number of aliphatic hydroxyl groups excluding tert-OH is 1. The Bertz CT molecular complexity index is 1180. The molecule has 3 amide bonds. The summed E-state index contributed by atoms with van der Waals surface area (Å²) in [4.78, 5) is 32.9. The maximum absolute atomic E-state index is 13.9. The molecule has 0 aliphatic carbocycles. The van der Waals surface area contributed by atoms with E-state index in [1.165, 1.54) is 7.05 Å². The van der Waals surface area contributed by atoms with Crippen LogP contribution in [0.25, 0.3) is 0 Å². The summed E-state index contributed by atoms with van der Waals surface area (Å²) < 4.78 is 12.0. The van der Waals surface area contributed by atoms with Crippen molar-refractivity contribution in [1.29, 1.82) is 0 Å². The van der Waals surface area contributed by atoms with Gasteiger partial charge in [0.15, 0.2) is 0 Å². The van der Waals surface area contributed by atoms with Gasteiger partial charge < -0.3 is 24.8 Å². The molecule has 3 unspecified atom stereocenters. The van der Waals surface area contributed by atoms with Gasteiger partial charge in [0.05, 0.1) is 19.3 Å². The van der Waals surface area contributed by atoms with E-state index in [-0.39, 0.29) is 25.7 Å². The molecule has 210 valence electrons. The van der Waals surface area contributed by atoms with Gasteiger partial charge in [-0.1, -0.05) is 54.1 Å². The van der Waals surface area contributed by atoms with Gasteiger partial charge in [-0.15, -0.1) is 0 Å². The number of rotatable bonds is 10. The van der Waals surface area contributed by atoms with Crippen LogP contribution in [0.15, 0.2) is 59.6 Å². The molecular weight excluding hydrogens is 522 g/mol. The quantitative estimate of drug-likeness (QED) is 0.234. The molecule has 4 atom stereocenters. The van der Waals surface area contributed by atoms with Crippen LogP contribution in [0.1, 0.15) is 30.9 Å². The van der Waals surface area contributed by atoms with Crippen LogP contribution in [0.4, 0.5) is 4.79 Å². The number of hydrazine groups is 1. The van der Waals surface area contributed by atoms with Crippen molar-refractivity contribution < 1.29 is 24.2 Å². The number of nitrogens with zero attached hydrogens (tertiary/aromatic N) is 3. The molecule has 2 aromatic carbocycles. The van der Waals surface area contributed by atoms with Crippen LogP contribution >= 0.6 is 11.6 Å². The number of ether oxygens (including phenoxy) is 2. The minimum Gasteiger partial charge on any atom is -0.477 e. The lowest BCUT2D eigenvalue weighted by molar-refractivity contribution is -0.137. The highest BCUT2D eigenvalue weighted by Crippen LogP contribution is 2.30. The Labute approximate surface area is 233 Å². The number of likely N-dealkylation sites (tertiary alicyclic amines) is 1. The van der Waals surface area contributed by atoms with E-state index in [1.54, 1.807) is 17.9 Å². The number of benzene rings is 2. The lowest BCUT2D eigenvalue weighted by Crippen LogP contribution is -2.58. The lowest BCUT2D eigenvalue weighted by Gasteiger charge is -2.32. The molecule has 2 aliphatic heterocycles. The highest BCUT2D eigenvalue weighted by atomic mass is 35.5. The summed E-state index contributed by atoms with van der Waals surface area (Å²) in [5.41, 5.74) is 1.02. The normalized spacial score (nSPS) is 22.1. The zero-order valence-electron chi connectivity index (χ0n) is 22.3. The number of halogens is 1. The van der Waals surface area contributed by atoms with Crippen LogP contribution in [0, 0.1) is 0 Å². The van der Waals surface area contributed by atoms with Gasteiger partial charge >= 0.3 is 6.03 Å². The topological polar surface area (TPSA) is 130 Å². The minimum absolute atomic E-state index is 0.193. The molecule has 0 radical (unpaired) electrons. The Morgan fingerprint density at radius 3 is 2.72 bits per heavy atom. The number of hydrogen-bond donors (Lipinski definition) is 3. The third-order valence-electron chi connectivity index (χ3n) is 7.06. The zero-order chi connectivity index (χ0) is 28.0. The van der Waals surface area contributed by atoms with Crippen LogP contribution < -0.4 is 11.2 Å². The van der Waals surface area contributed by atoms with Crippen LogP contribution in [-0.4, -0.2) is 83.4 Å². The third-order valence-corrected chi connectivity index (χ3v) is 7.30. The summed E-state index contributed by atoms with van der Waals surface area (Å²) in [6.07, 6.45) is 1.20. The van der Waals surface area contributed by atoms with E-state index in [9.17, 15) is 14.7 Å². The lowest BCUT2D eigenvalue weighted by atomic mass is 9.93. The molecule has 2 aliphatic rings. The van der Waals surface area contributed by atoms with Crippen LogP contribution in [0.3, 0.4) is 0 Å². The largest absolute Gasteiger partial charge is 0.477 e. The molecule has 1 saturated heterocycles. The molecule has 0 spiro atoms. The highest BCUT2D eigenvalue weighted by molar-refractivity contribution is 6.30. The van der Waals surface area contributed by atoms with E-state index >= 15 is 0 Å². The second kappa shape index (κ2) is 12.8. The summed E-state index contributed by atoms with van der Waals surface area (Å²) >= 11 is 6.15. The fraction of sp³-hybridized carbons (Fsp3) is 0.464. The zero-order valence-corrected chi connectivity index (χ0v) is 23.0. The van der Waals surface area contributed by atoms with Gasteiger partial charge in [0.25, 0.3) is 0 Å². The van der Waals surface area contributed by atoms with Crippen molar-refractivity contribution in [2.24, 2.45) is 10.8 Å². The Kier molecular flexibility index (Phi) is 9.45. The first-order valence-electron chi connectivity index (χ1n) is 13.0. The number of amides is 3. The van der Waals surface area contributed by atoms with Gasteiger partial charge in [-0.05, 0) is 43.0 Å². The molecule has 11 heteroatoms. The van der Waals surface area contributed by atoms with Gasteiger partial charge in [-0.25, -0.2) is 15.6 Å². The molecule has 4 N–H and O–H groups in total. The maximum Gasteiger partial charge on any atom is 0.332 e. The summed E-state index contributed by atoms with van der Waals surface area (Å²) in [5, 5.41) is 14.5. The van der Waals surface area contributed by atoms with Crippen molar-refractivity contribution in [3.05, 3.63) is 70.7 Å². The average Bonchev–Trinajstić information content (AvgIpc) is 3.58. The molecule has 0 aromatic heterocycles. The van der Waals surface area contributed by atoms with Crippen molar-refractivity contribution in [3.8, 4) is 0 Å². The first-order chi connectivity index (χ1) is 18.7. The van der Waals surface area contributed by atoms with Crippen molar-refractivity contribution in [1.82, 2.24) is 15.2 Å². The number of aliphatic imine (C=N–C) groups is 1. The van der Waals surface area contributed by atoms with Gasteiger partial charge in [0.1, 0.15) is 24.2 Å². The Hall–Kier alpha value is -3.18. The molecule has 10 nitrogen and oxygen atoms in total. The van der Waals surface area contributed by atoms with E-state index < -0.39 is 29.8 Å². The summed E-state index contributed by atoms with van der Waals surface area (Å²) in [6.45, 7) is 2.48. The number of nitrogens with one attached hydrogen (secondary N) is 1. The molecule has 2 heterocycles. The fourth-order valence-corrected chi connectivity index (χ4v) is 5.12. The maximum atomic E-state index is 13.9. The fourth-order valence-electron chi connectivity index (χ4n) is 4.91. The Morgan fingerprint density at radius 2 is 2.03 bits per heavy atom. The van der Waals surface area contributed by atoms with Crippen LogP contribution in [-0.2, 0) is 27.3 Å². The molecule has 2 aromatic rings. The van der Waals surface area contributed by atoms with Crippen LogP contribution in [0.5, 0.6) is 0 Å². The van der Waals surface area contributed by atoms with E-state index in [0.717, 1.165) is 22.6 Å². The van der Waals surface area contributed by atoms with Crippen molar-refractivity contribution in [2.45, 2.75) is 56.5 Å². The smallest absolute Gasteiger partial charge is 0.332 e. The predicted octanol–water partition coefficient (Wildman–Crippen LogP) is 2.52. The Balaban J connectivity index is 1.52. The second-order valence-corrected chi connectivity index (χ2v) is 10.6. The van der Waals surface area contributed by atoms with Gasteiger partial charge in [0.2, 0.25) is 11.8 Å². The molecular formula is C28H36ClN5O5. The third kappa shape index (κ3) is 7.07. The summed E-state index contributed by atoms with van der Waals surface area (Å²) in [7, 11) is 1.40. The number of urea groups is 1. The molecule has 1 fully saturated rings. The number of carbonyl (C=O) groups excluding carboxylic acids is 2. The Morgan fingerprint density at radius 1 is 1.28 bits per heavy atom. The highest BCUT2D eigenvalue weighted by Gasteiger charge is 2.44. The molecule has 4 rings (SSSR count). The predicted molar refractivity (Wildman–Crippen MR) is 148 cm³/mol. The van der Waals surface area contributed by atoms with Crippen molar-refractivity contribution >= 4 is 29.4 Å². The number of aliphatic hydroxyl groups is 1. The number of hydrogen-bond acceptors (Lipinski definition) is 7. The minimum atomic E-state index is -0.983. The van der Waals surface area contributed by atoms with E-state index in [4.69, 9.17) is 31.9 Å². The molecule has 0 bridgehead atoms. The number of nitrogens with two attached hydrogens (primary N) is 1. The van der Waals surface area contributed by atoms with E-state index in [2.05, 4.69) is 5.32 Å². The first kappa shape index (κ1) is 28.8. The SMILES string of the molecule is CC(OCc1ccccc1)C(NC(=O)N(C)N)C(=O)N1CCCC1C1=N[C@](CO)(Cc2cccc(Cl)c2)CO1. The van der Waals surface area contributed by atoms with Crippen molar-refractivity contribution in [2.75, 3.05) is 26.8 Å². The van der Waals surface area contributed by atoms with Gasteiger partial charge in [0, 0.05) is 25.0 Å². The summed E-state index contributed by atoms with van der Waals surface area (Å²) in [5.74, 6) is 5.74. The van der Waals surface area contributed by atoms with E-state index in [0.29, 0.717) is 30.3 Å².